The van der Waals surface area contributed by atoms with Crippen molar-refractivity contribution in [2.45, 2.75) is 26.5 Å². The van der Waals surface area contributed by atoms with Crippen LogP contribution in [0.5, 0.6) is 0 Å². The highest BCUT2D eigenvalue weighted by Gasteiger charge is 2.07. The second kappa shape index (κ2) is 6.25. The molecule has 0 bridgehead atoms. The molecule has 0 aromatic carbocycles. The highest BCUT2D eigenvalue weighted by molar-refractivity contribution is 14.1. The smallest absolute Gasteiger partial charge is 0.146 e. The zero-order chi connectivity index (χ0) is 11.4. The summed E-state index contributed by atoms with van der Waals surface area (Å²) in [6, 6.07) is 0. The predicted molar refractivity (Wildman–Crippen MR) is 75.5 cm³/mol. The van der Waals surface area contributed by atoms with Crippen molar-refractivity contribution in [2.75, 3.05) is 5.75 Å². The Kier molecular flexibility index (Phi) is 5.63. The average molecular weight is 357 g/mol. The lowest BCUT2D eigenvalue weighted by molar-refractivity contribution is 0.749. The van der Waals surface area contributed by atoms with Crippen LogP contribution in [-0.2, 0) is 5.75 Å². The molecule has 0 aliphatic rings. The van der Waals surface area contributed by atoms with Crippen LogP contribution in [-0.4, -0.2) is 15.7 Å². The van der Waals surface area contributed by atoms with E-state index in [4.69, 9.17) is 11.6 Å². The summed E-state index contributed by atoms with van der Waals surface area (Å²) < 4.78 is 0.951. The van der Waals surface area contributed by atoms with E-state index in [0.717, 1.165) is 26.6 Å². The number of hydrogen-bond donors (Lipinski definition) is 0. The Morgan fingerprint density at radius 2 is 2.07 bits per heavy atom. The molecule has 0 unspecified atom stereocenters. The molecule has 2 nitrogen and oxygen atoms in total. The molecule has 15 heavy (non-hydrogen) atoms. The molecule has 0 aliphatic heterocycles. The van der Waals surface area contributed by atoms with Gasteiger partial charge >= 0.3 is 0 Å². The molecule has 5 heteroatoms. The number of aryl methyl sites for hydroxylation is 1. The normalized spacial score (nSPS) is 11.1. The van der Waals surface area contributed by atoms with Crippen LogP contribution >= 0.6 is 46.0 Å². The summed E-state index contributed by atoms with van der Waals surface area (Å²) >= 11 is 10.0. The molecule has 0 saturated carbocycles. The van der Waals surface area contributed by atoms with E-state index in [1.165, 1.54) is 0 Å². The van der Waals surface area contributed by atoms with E-state index in [9.17, 15) is 0 Å². The number of nitrogens with zero attached hydrogens (tertiary/aromatic N) is 2. The van der Waals surface area contributed by atoms with Gasteiger partial charge in [-0.25, -0.2) is 9.97 Å². The lowest BCUT2D eigenvalue weighted by Crippen LogP contribution is -2.00. The second-order valence-electron chi connectivity index (χ2n) is 3.74. The first-order valence-corrected chi connectivity index (χ1v) is 7.38. The van der Waals surface area contributed by atoms with Gasteiger partial charge in [-0.05, 0) is 41.2 Å². The van der Waals surface area contributed by atoms with Crippen molar-refractivity contribution in [1.82, 2.24) is 9.97 Å². The molecule has 1 heterocycles. The fourth-order valence-corrected chi connectivity index (χ4v) is 2.41. The topological polar surface area (TPSA) is 25.8 Å². The highest BCUT2D eigenvalue weighted by Crippen LogP contribution is 2.20. The van der Waals surface area contributed by atoms with E-state index in [0.29, 0.717) is 11.1 Å². The van der Waals surface area contributed by atoms with Crippen molar-refractivity contribution in [3.63, 3.8) is 0 Å². The van der Waals surface area contributed by atoms with Crippen LogP contribution in [0.15, 0.2) is 0 Å². The van der Waals surface area contributed by atoms with Crippen molar-refractivity contribution < 1.29 is 0 Å². The van der Waals surface area contributed by atoms with Gasteiger partial charge in [-0.2, -0.15) is 11.8 Å². The molecule has 0 saturated heterocycles. The van der Waals surface area contributed by atoms with Crippen molar-refractivity contribution in [3.8, 4) is 0 Å². The van der Waals surface area contributed by atoms with Gasteiger partial charge in [-0.1, -0.05) is 25.4 Å². The minimum Gasteiger partial charge on any atom is -0.236 e. The van der Waals surface area contributed by atoms with Crippen molar-refractivity contribution in [3.05, 3.63) is 20.2 Å². The molecule has 0 aliphatic carbocycles. The first-order valence-electron chi connectivity index (χ1n) is 4.77. The van der Waals surface area contributed by atoms with Gasteiger partial charge in [0.1, 0.15) is 11.0 Å². The SMILES string of the molecule is Cc1nc(CSCC(C)C)nc(Cl)c1I. The molecule has 0 radical (unpaired) electrons. The molecule has 1 aromatic rings. The van der Waals surface area contributed by atoms with Crippen molar-refractivity contribution in [2.24, 2.45) is 5.92 Å². The van der Waals surface area contributed by atoms with E-state index >= 15 is 0 Å². The lowest BCUT2D eigenvalue weighted by Gasteiger charge is -2.06. The third-order valence-corrected chi connectivity index (χ3v) is 4.95. The zero-order valence-corrected chi connectivity index (χ0v) is 12.8. The summed E-state index contributed by atoms with van der Waals surface area (Å²) in [5.41, 5.74) is 0.968. The standard InChI is InChI=1S/C10H14ClIN2S/c1-6(2)4-15-5-8-13-7(3)9(12)10(11)14-8/h6H,4-5H2,1-3H3. The van der Waals surface area contributed by atoms with Crippen LogP contribution in [0.3, 0.4) is 0 Å². The maximum Gasteiger partial charge on any atom is 0.146 e. The van der Waals surface area contributed by atoms with Crippen LogP contribution in [0, 0.1) is 16.4 Å². The quantitative estimate of drug-likeness (QED) is 0.604. The summed E-state index contributed by atoms with van der Waals surface area (Å²) in [7, 11) is 0. The fourth-order valence-electron chi connectivity index (χ4n) is 1.03. The van der Waals surface area contributed by atoms with E-state index in [-0.39, 0.29) is 0 Å². The minimum absolute atomic E-state index is 0.572. The van der Waals surface area contributed by atoms with Gasteiger partial charge in [0.25, 0.3) is 0 Å². The highest BCUT2D eigenvalue weighted by atomic mass is 127. The maximum absolute atomic E-state index is 5.99. The van der Waals surface area contributed by atoms with E-state index in [1.54, 1.807) is 0 Å². The third kappa shape index (κ3) is 4.44. The number of aromatic nitrogens is 2. The summed E-state index contributed by atoms with van der Waals surface area (Å²) in [4.78, 5) is 8.66. The van der Waals surface area contributed by atoms with Crippen molar-refractivity contribution >= 4 is 46.0 Å². The Morgan fingerprint density at radius 3 is 2.60 bits per heavy atom. The Balaban J connectivity index is 2.63. The van der Waals surface area contributed by atoms with Gasteiger partial charge in [0.15, 0.2) is 0 Å². The van der Waals surface area contributed by atoms with Gasteiger partial charge in [0.05, 0.1) is 15.0 Å². The predicted octanol–water partition coefficient (Wildman–Crippen LogP) is 3.93. The van der Waals surface area contributed by atoms with E-state index in [1.807, 2.05) is 18.7 Å². The summed E-state index contributed by atoms with van der Waals surface area (Å²) in [5, 5.41) is 0.572. The molecule has 0 atom stereocenters. The monoisotopic (exact) mass is 356 g/mol. The fraction of sp³-hybridized carbons (Fsp3) is 0.600. The molecule has 0 amide bonds. The maximum atomic E-state index is 5.99. The number of halogens is 2. The Bertz CT molecular complexity index is 321. The first kappa shape index (κ1) is 13.5. The number of thioether (sulfide) groups is 1. The largest absolute Gasteiger partial charge is 0.236 e. The summed E-state index contributed by atoms with van der Waals surface area (Å²) in [6.07, 6.45) is 0. The Hall–Kier alpha value is 0.450. The van der Waals surface area contributed by atoms with Gasteiger partial charge in [0, 0.05) is 0 Å². The molecule has 0 N–H and O–H groups in total. The van der Waals surface area contributed by atoms with Crippen LogP contribution in [0.4, 0.5) is 0 Å². The summed E-state index contributed by atoms with van der Waals surface area (Å²) in [6.45, 7) is 6.38. The van der Waals surface area contributed by atoms with E-state index < -0.39 is 0 Å². The first-order chi connectivity index (χ1) is 7.00. The van der Waals surface area contributed by atoms with Crippen LogP contribution in [0.1, 0.15) is 25.4 Å². The molecule has 0 fully saturated rings. The Labute approximate surface area is 114 Å². The average Bonchev–Trinajstić information content (AvgIpc) is 2.13. The molecule has 1 rings (SSSR count). The molecule has 1 aromatic heterocycles. The van der Waals surface area contributed by atoms with E-state index in [2.05, 4.69) is 46.4 Å². The van der Waals surface area contributed by atoms with Crippen LogP contribution < -0.4 is 0 Å². The number of hydrogen-bond acceptors (Lipinski definition) is 3. The van der Waals surface area contributed by atoms with Crippen molar-refractivity contribution in [1.29, 1.82) is 0 Å². The molecule has 84 valence electrons. The zero-order valence-electron chi connectivity index (χ0n) is 9.05. The minimum atomic E-state index is 0.572. The van der Waals surface area contributed by atoms with Gasteiger partial charge < -0.3 is 0 Å². The molecule has 0 spiro atoms. The van der Waals surface area contributed by atoms with Gasteiger partial charge in [-0.3, -0.25) is 0 Å². The second-order valence-corrected chi connectivity index (χ2v) is 6.21. The van der Waals surface area contributed by atoms with Crippen LogP contribution in [0.25, 0.3) is 0 Å². The molecular formula is C10H14ClIN2S. The van der Waals surface area contributed by atoms with Crippen LogP contribution in [0.2, 0.25) is 5.15 Å². The van der Waals surface area contributed by atoms with Gasteiger partial charge in [0.2, 0.25) is 0 Å². The summed E-state index contributed by atoms with van der Waals surface area (Å²) in [5.74, 6) is 3.51. The lowest BCUT2D eigenvalue weighted by atomic mass is 10.3. The third-order valence-electron chi connectivity index (χ3n) is 1.71. The molecular weight excluding hydrogens is 343 g/mol. The van der Waals surface area contributed by atoms with Gasteiger partial charge in [-0.15, -0.1) is 0 Å². The Morgan fingerprint density at radius 1 is 1.40 bits per heavy atom. The number of rotatable bonds is 4.